The second-order valence-electron chi connectivity index (χ2n) is 4.96. The molecule has 3 heteroatoms. The highest BCUT2D eigenvalue weighted by Crippen LogP contribution is 2.25. The van der Waals surface area contributed by atoms with Gasteiger partial charge in [0.2, 0.25) is 0 Å². The van der Waals surface area contributed by atoms with Crippen LogP contribution in [0.2, 0.25) is 0 Å². The van der Waals surface area contributed by atoms with E-state index in [1.54, 1.807) is 7.11 Å². The van der Waals surface area contributed by atoms with Gasteiger partial charge in [0.15, 0.2) is 0 Å². The number of nitrogens with one attached hydrogen (secondary N) is 1. The Balaban J connectivity index is 1.99. The summed E-state index contributed by atoms with van der Waals surface area (Å²) in [6, 6.07) is 16.2. The standard InChI is InChI=1S/C17H21NO2/c1-13(2)18-12-14-7-9-15(10-8-14)20-17-6-4-5-16(11-17)19-3/h4-11,13,18H,12H2,1-3H3. The number of methoxy groups -OCH3 is 1. The van der Waals surface area contributed by atoms with Crippen molar-refractivity contribution in [1.29, 1.82) is 0 Å². The van der Waals surface area contributed by atoms with Crippen LogP contribution in [0.3, 0.4) is 0 Å². The third-order valence-corrected chi connectivity index (χ3v) is 2.91. The van der Waals surface area contributed by atoms with Crippen molar-refractivity contribution in [2.75, 3.05) is 7.11 Å². The average Bonchev–Trinajstić information content (AvgIpc) is 2.47. The largest absolute Gasteiger partial charge is 0.497 e. The molecule has 0 atom stereocenters. The van der Waals surface area contributed by atoms with Gasteiger partial charge in [-0.1, -0.05) is 32.0 Å². The average molecular weight is 271 g/mol. The predicted molar refractivity (Wildman–Crippen MR) is 81.5 cm³/mol. The van der Waals surface area contributed by atoms with Crippen molar-refractivity contribution in [3.63, 3.8) is 0 Å². The summed E-state index contributed by atoms with van der Waals surface area (Å²) in [5.41, 5.74) is 1.25. The molecule has 20 heavy (non-hydrogen) atoms. The van der Waals surface area contributed by atoms with E-state index in [-0.39, 0.29) is 0 Å². The number of hydrogen-bond acceptors (Lipinski definition) is 3. The fourth-order valence-corrected chi connectivity index (χ4v) is 1.80. The Hall–Kier alpha value is -2.00. The molecule has 0 radical (unpaired) electrons. The molecule has 0 aliphatic heterocycles. The first-order chi connectivity index (χ1) is 9.67. The van der Waals surface area contributed by atoms with Crippen LogP contribution < -0.4 is 14.8 Å². The molecule has 0 saturated heterocycles. The van der Waals surface area contributed by atoms with Crippen LogP contribution in [0.1, 0.15) is 19.4 Å². The molecule has 0 spiro atoms. The number of rotatable bonds is 6. The topological polar surface area (TPSA) is 30.5 Å². The van der Waals surface area contributed by atoms with Crippen LogP contribution in [0.5, 0.6) is 17.2 Å². The third kappa shape index (κ3) is 4.28. The summed E-state index contributed by atoms with van der Waals surface area (Å²) >= 11 is 0. The van der Waals surface area contributed by atoms with Crippen LogP contribution in [-0.4, -0.2) is 13.2 Å². The molecule has 0 heterocycles. The van der Waals surface area contributed by atoms with E-state index >= 15 is 0 Å². The van der Waals surface area contributed by atoms with Gasteiger partial charge in [0, 0.05) is 18.7 Å². The lowest BCUT2D eigenvalue weighted by molar-refractivity contribution is 0.409. The number of benzene rings is 2. The minimum atomic E-state index is 0.489. The first kappa shape index (κ1) is 14.4. The molecule has 2 aromatic rings. The van der Waals surface area contributed by atoms with E-state index in [0.717, 1.165) is 23.8 Å². The zero-order chi connectivity index (χ0) is 14.4. The maximum Gasteiger partial charge on any atom is 0.131 e. The van der Waals surface area contributed by atoms with E-state index in [4.69, 9.17) is 9.47 Å². The summed E-state index contributed by atoms with van der Waals surface area (Å²) in [4.78, 5) is 0. The fourth-order valence-electron chi connectivity index (χ4n) is 1.80. The smallest absolute Gasteiger partial charge is 0.131 e. The molecular formula is C17H21NO2. The van der Waals surface area contributed by atoms with Crippen LogP contribution in [0.4, 0.5) is 0 Å². The van der Waals surface area contributed by atoms with Crippen LogP contribution in [-0.2, 0) is 6.54 Å². The van der Waals surface area contributed by atoms with Crippen molar-refractivity contribution >= 4 is 0 Å². The van der Waals surface area contributed by atoms with Gasteiger partial charge >= 0.3 is 0 Å². The van der Waals surface area contributed by atoms with E-state index in [2.05, 4.69) is 31.3 Å². The summed E-state index contributed by atoms with van der Waals surface area (Å²) in [6.45, 7) is 5.15. The van der Waals surface area contributed by atoms with E-state index in [9.17, 15) is 0 Å². The van der Waals surface area contributed by atoms with Gasteiger partial charge in [0.05, 0.1) is 7.11 Å². The first-order valence-electron chi connectivity index (χ1n) is 6.81. The van der Waals surface area contributed by atoms with Gasteiger partial charge in [-0.25, -0.2) is 0 Å². The summed E-state index contributed by atoms with van der Waals surface area (Å²) in [5, 5.41) is 3.39. The quantitative estimate of drug-likeness (QED) is 0.862. The minimum Gasteiger partial charge on any atom is -0.497 e. The van der Waals surface area contributed by atoms with Crippen molar-refractivity contribution in [3.05, 3.63) is 54.1 Å². The lowest BCUT2D eigenvalue weighted by Crippen LogP contribution is -2.21. The number of ether oxygens (including phenoxy) is 2. The zero-order valence-electron chi connectivity index (χ0n) is 12.2. The van der Waals surface area contributed by atoms with Crippen molar-refractivity contribution in [2.45, 2.75) is 26.4 Å². The lowest BCUT2D eigenvalue weighted by atomic mass is 10.2. The van der Waals surface area contributed by atoms with Gasteiger partial charge in [0.1, 0.15) is 17.2 Å². The molecule has 0 bridgehead atoms. The molecule has 0 aliphatic rings. The van der Waals surface area contributed by atoms with Crippen molar-refractivity contribution in [1.82, 2.24) is 5.32 Å². The zero-order valence-corrected chi connectivity index (χ0v) is 12.2. The van der Waals surface area contributed by atoms with E-state index in [1.807, 2.05) is 36.4 Å². The Bertz CT molecular complexity index is 535. The third-order valence-electron chi connectivity index (χ3n) is 2.91. The Labute approximate surface area is 120 Å². The Morgan fingerprint density at radius 1 is 0.950 bits per heavy atom. The second-order valence-corrected chi connectivity index (χ2v) is 4.96. The minimum absolute atomic E-state index is 0.489. The van der Waals surface area contributed by atoms with Crippen LogP contribution in [0, 0.1) is 0 Å². The monoisotopic (exact) mass is 271 g/mol. The highest BCUT2D eigenvalue weighted by Gasteiger charge is 2.00. The molecule has 1 N–H and O–H groups in total. The van der Waals surface area contributed by atoms with Crippen molar-refractivity contribution in [3.8, 4) is 17.2 Å². The fraction of sp³-hybridized carbons (Fsp3) is 0.294. The summed E-state index contributed by atoms with van der Waals surface area (Å²) < 4.78 is 11.0. The molecule has 3 nitrogen and oxygen atoms in total. The van der Waals surface area contributed by atoms with Gasteiger partial charge in [-0.15, -0.1) is 0 Å². The molecule has 106 valence electrons. The predicted octanol–water partition coefficient (Wildman–Crippen LogP) is 3.99. The SMILES string of the molecule is COc1cccc(Oc2ccc(CNC(C)C)cc2)c1. The maximum atomic E-state index is 5.80. The van der Waals surface area contributed by atoms with Gasteiger partial charge in [-0.2, -0.15) is 0 Å². The van der Waals surface area contributed by atoms with Crippen LogP contribution in [0.25, 0.3) is 0 Å². The summed E-state index contributed by atoms with van der Waals surface area (Å²) in [7, 11) is 1.65. The van der Waals surface area contributed by atoms with E-state index < -0.39 is 0 Å². The summed E-state index contributed by atoms with van der Waals surface area (Å²) in [6.07, 6.45) is 0. The molecule has 0 unspecified atom stereocenters. The molecule has 0 aromatic heterocycles. The van der Waals surface area contributed by atoms with E-state index in [1.165, 1.54) is 5.56 Å². The second kappa shape index (κ2) is 6.96. The lowest BCUT2D eigenvalue weighted by Gasteiger charge is -2.10. The molecule has 2 aromatic carbocycles. The Morgan fingerprint density at radius 2 is 1.65 bits per heavy atom. The molecule has 0 saturated carbocycles. The van der Waals surface area contributed by atoms with E-state index in [0.29, 0.717) is 6.04 Å². The molecular weight excluding hydrogens is 250 g/mol. The number of hydrogen-bond donors (Lipinski definition) is 1. The highest BCUT2D eigenvalue weighted by molar-refractivity contribution is 5.37. The Morgan fingerprint density at radius 3 is 2.30 bits per heavy atom. The van der Waals surface area contributed by atoms with Crippen molar-refractivity contribution < 1.29 is 9.47 Å². The van der Waals surface area contributed by atoms with Crippen LogP contribution in [0.15, 0.2) is 48.5 Å². The first-order valence-corrected chi connectivity index (χ1v) is 6.81. The highest BCUT2D eigenvalue weighted by atomic mass is 16.5. The summed E-state index contributed by atoms with van der Waals surface area (Å²) in [5.74, 6) is 2.39. The van der Waals surface area contributed by atoms with Gasteiger partial charge in [-0.3, -0.25) is 0 Å². The molecule has 2 rings (SSSR count). The van der Waals surface area contributed by atoms with Gasteiger partial charge < -0.3 is 14.8 Å². The normalized spacial score (nSPS) is 10.6. The maximum absolute atomic E-state index is 5.80. The van der Waals surface area contributed by atoms with Gasteiger partial charge in [0.25, 0.3) is 0 Å². The molecule has 0 amide bonds. The molecule has 0 aliphatic carbocycles. The Kier molecular flexibility index (Phi) is 5.02. The van der Waals surface area contributed by atoms with Crippen molar-refractivity contribution in [2.24, 2.45) is 0 Å². The van der Waals surface area contributed by atoms with Gasteiger partial charge in [-0.05, 0) is 29.8 Å². The van der Waals surface area contributed by atoms with Crippen LogP contribution >= 0.6 is 0 Å². The molecule has 0 fully saturated rings.